The number of benzene rings is 1. The molecule has 1 rings (SSSR count). The Hall–Kier alpha value is 0.0864. The predicted octanol–water partition coefficient (Wildman–Crippen LogP) is -3.69. The third-order valence-corrected chi connectivity index (χ3v) is 1.23. The molecule has 0 aromatic heterocycles. The van der Waals surface area contributed by atoms with Crippen molar-refractivity contribution in [2.45, 2.75) is 0 Å². The zero-order valence-electron chi connectivity index (χ0n) is 6.61. The number of carbonyl (C=O) groups excluding carboxylic acids is 1. The molecule has 0 radical (unpaired) electrons. The van der Waals surface area contributed by atoms with Gasteiger partial charge in [0.15, 0.2) is 5.75 Å². The molecule has 0 saturated carbocycles. The summed E-state index contributed by atoms with van der Waals surface area (Å²) in [7, 11) is 0. The van der Waals surface area contributed by atoms with Crippen LogP contribution in [-0.2, 0) is 0 Å². The number of nitrogens with two attached hydrogens (primary N) is 1. The molecule has 0 amide bonds. The summed E-state index contributed by atoms with van der Waals surface area (Å²) in [6.45, 7) is 0. The van der Waals surface area contributed by atoms with E-state index in [2.05, 4.69) is 4.84 Å². The molecule has 5 heteroatoms. The molecule has 0 spiro atoms. The van der Waals surface area contributed by atoms with Crippen molar-refractivity contribution in [3.63, 3.8) is 0 Å². The first-order valence-corrected chi connectivity index (χ1v) is 2.93. The molecule has 0 fully saturated rings. The number of hydrogen-bond acceptors (Lipinski definition) is 4. The normalized spacial score (nSPS) is 8.42. The van der Waals surface area contributed by atoms with Crippen LogP contribution in [0.1, 0.15) is 10.4 Å². The topological polar surface area (TPSA) is 75.4 Å². The first-order valence-electron chi connectivity index (χ1n) is 2.93. The predicted molar refractivity (Wildman–Crippen MR) is 35.6 cm³/mol. The van der Waals surface area contributed by atoms with E-state index in [0.29, 0.717) is 0 Å². The zero-order valence-corrected chi connectivity index (χ0v) is 9.73. The molecule has 2 N–H and O–H groups in total. The van der Waals surface area contributed by atoms with Gasteiger partial charge >= 0.3 is 51.4 Å². The summed E-state index contributed by atoms with van der Waals surface area (Å²) in [4.78, 5) is 14.6. The zero-order chi connectivity index (χ0) is 8.27. The summed E-state index contributed by atoms with van der Waals surface area (Å²) in [5.74, 6) is 3.60. The van der Waals surface area contributed by atoms with E-state index in [-0.39, 0.29) is 62.7 Å². The Bertz CT molecular complexity index is 277. The maximum atomic E-state index is 10.3. The minimum Gasteiger partial charge on any atom is -0.545 e. The van der Waals surface area contributed by atoms with Crippen LogP contribution >= 0.6 is 0 Å². The van der Waals surface area contributed by atoms with Crippen molar-refractivity contribution in [1.29, 1.82) is 0 Å². The molecule has 0 heterocycles. The summed E-state index contributed by atoms with van der Waals surface area (Å²) in [5, 5.41) is 10.3. The van der Waals surface area contributed by atoms with Crippen LogP contribution in [0.4, 0.5) is 0 Å². The number of aromatic carboxylic acids is 1. The second-order valence-electron chi connectivity index (χ2n) is 1.90. The Labute approximate surface area is 112 Å². The minimum atomic E-state index is -1.30. The molecule has 1 aromatic rings. The van der Waals surface area contributed by atoms with E-state index in [4.69, 9.17) is 5.90 Å². The van der Waals surface area contributed by atoms with Gasteiger partial charge in [-0.05, 0) is 12.1 Å². The van der Waals surface area contributed by atoms with Crippen molar-refractivity contribution < 1.29 is 66.1 Å². The largest absolute Gasteiger partial charge is 1.00 e. The van der Waals surface area contributed by atoms with Gasteiger partial charge in [0, 0.05) is 5.56 Å². The van der Waals surface area contributed by atoms with Gasteiger partial charge in [-0.25, -0.2) is 0 Å². The molecule has 58 valence electrons. The minimum absolute atomic E-state index is 0. The van der Waals surface area contributed by atoms with Crippen LogP contribution in [0.3, 0.4) is 0 Å². The van der Waals surface area contributed by atoms with Crippen LogP contribution in [0, 0.1) is 0 Å². The van der Waals surface area contributed by atoms with Crippen molar-refractivity contribution in [3.8, 4) is 5.75 Å². The van der Waals surface area contributed by atoms with Crippen molar-refractivity contribution in [2.75, 3.05) is 0 Å². The van der Waals surface area contributed by atoms with Crippen molar-refractivity contribution in [2.24, 2.45) is 5.90 Å². The monoisotopic (exact) mass is 191 g/mol. The van der Waals surface area contributed by atoms with E-state index in [9.17, 15) is 9.90 Å². The smallest absolute Gasteiger partial charge is 0.545 e. The number of hydrogen-bond donors (Lipinski definition) is 1. The van der Waals surface area contributed by atoms with Crippen LogP contribution < -0.4 is 67.2 Å². The Balaban J connectivity index is 0.00000121. The second kappa shape index (κ2) is 5.68. The van der Waals surface area contributed by atoms with Gasteiger partial charge in [0.1, 0.15) is 0 Å². The molecule has 12 heavy (non-hydrogen) atoms. The van der Waals surface area contributed by atoms with Crippen molar-refractivity contribution in [1.82, 2.24) is 0 Å². The summed E-state index contributed by atoms with van der Waals surface area (Å²) < 4.78 is 0. The van der Waals surface area contributed by atoms with E-state index >= 15 is 0 Å². The first kappa shape index (κ1) is 12.1. The average Bonchev–Trinajstić information content (AvgIpc) is 2.04. The van der Waals surface area contributed by atoms with Crippen LogP contribution in [-0.4, -0.2) is 5.97 Å². The fourth-order valence-corrected chi connectivity index (χ4v) is 0.738. The van der Waals surface area contributed by atoms with Crippen molar-refractivity contribution >= 4 is 5.97 Å². The standard InChI is InChI=1S/C7H7NO3.K/c8-11-6-4-2-1-3-5(6)7(9)10;/h1-4H,8H2,(H,9,10);/q;+1/p-1. The number of rotatable bonds is 2. The van der Waals surface area contributed by atoms with E-state index in [0.717, 1.165) is 0 Å². The molecule has 0 atom stereocenters. The molecule has 0 bridgehead atoms. The number of para-hydroxylation sites is 1. The average molecular weight is 191 g/mol. The SMILES string of the molecule is NOc1ccccc1C(=O)[O-].[K+]. The molecule has 1 aromatic carbocycles. The van der Waals surface area contributed by atoms with Gasteiger partial charge in [0.05, 0.1) is 5.97 Å². The van der Waals surface area contributed by atoms with Crippen molar-refractivity contribution in [3.05, 3.63) is 29.8 Å². The van der Waals surface area contributed by atoms with Gasteiger partial charge in [0.25, 0.3) is 0 Å². The summed E-state index contributed by atoms with van der Waals surface area (Å²) >= 11 is 0. The number of carbonyl (C=O) groups is 1. The maximum absolute atomic E-state index is 10.3. The molecule has 4 nitrogen and oxygen atoms in total. The van der Waals surface area contributed by atoms with Gasteiger partial charge in [0.2, 0.25) is 0 Å². The number of carboxylic acids is 1. The van der Waals surface area contributed by atoms with Gasteiger partial charge in [-0.2, -0.15) is 5.90 Å². The molecular weight excluding hydrogens is 185 g/mol. The quantitative estimate of drug-likeness (QED) is 0.386. The summed E-state index contributed by atoms with van der Waals surface area (Å²) in [5.41, 5.74) is -0.0463. The van der Waals surface area contributed by atoms with Gasteiger partial charge < -0.3 is 14.7 Å². The van der Waals surface area contributed by atoms with Crippen LogP contribution in [0.15, 0.2) is 24.3 Å². The van der Waals surface area contributed by atoms with Gasteiger partial charge in [-0.3, -0.25) is 0 Å². The Morgan fingerprint density at radius 2 is 2.00 bits per heavy atom. The molecule has 0 aliphatic heterocycles. The maximum Gasteiger partial charge on any atom is 1.00 e. The fourth-order valence-electron chi connectivity index (χ4n) is 0.738. The van der Waals surface area contributed by atoms with Gasteiger partial charge in [-0.15, -0.1) is 0 Å². The molecule has 0 unspecified atom stereocenters. The molecule has 0 aliphatic carbocycles. The number of carboxylic acid groups (broad SMARTS) is 1. The Kier molecular flexibility index (Phi) is 5.72. The fraction of sp³-hybridized carbons (Fsp3) is 0. The Morgan fingerprint density at radius 1 is 1.42 bits per heavy atom. The third kappa shape index (κ3) is 2.85. The molecular formula is C7H6KNO3. The van der Waals surface area contributed by atoms with E-state index < -0.39 is 5.97 Å². The van der Waals surface area contributed by atoms with Crippen LogP contribution in [0.5, 0.6) is 5.75 Å². The van der Waals surface area contributed by atoms with E-state index in [1.165, 1.54) is 12.1 Å². The first-order chi connectivity index (χ1) is 5.25. The van der Waals surface area contributed by atoms with E-state index in [1.54, 1.807) is 12.1 Å². The van der Waals surface area contributed by atoms with E-state index in [1.807, 2.05) is 0 Å². The van der Waals surface area contributed by atoms with Gasteiger partial charge in [-0.1, -0.05) is 12.1 Å². The Morgan fingerprint density at radius 3 is 2.42 bits per heavy atom. The second-order valence-corrected chi connectivity index (χ2v) is 1.90. The third-order valence-electron chi connectivity index (χ3n) is 1.23. The van der Waals surface area contributed by atoms with Crippen LogP contribution in [0.2, 0.25) is 0 Å². The molecule has 0 saturated heterocycles. The summed E-state index contributed by atoms with van der Waals surface area (Å²) in [6, 6.07) is 5.99. The summed E-state index contributed by atoms with van der Waals surface area (Å²) in [6.07, 6.45) is 0. The molecule has 0 aliphatic rings. The van der Waals surface area contributed by atoms with Crippen LogP contribution in [0.25, 0.3) is 0 Å².